The summed E-state index contributed by atoms with van der Waals surface area (Å²) in [5.74, 6) is 0.375. The van der Waals surface area contributed by atoms with Crippen LogP contribution in [0.2, 0.25) is 10.0 Å². The Bertz CT molecular complexity index is 1550. The first-order valence-electron chi connectivity index (χ1n) is 11.7. The highest BCUT2D eigenvalue weighted by molar-refractivity contribution is 6.37. The maximum absolute atomic E-state index is 13.4. The molecular formula is C26H24Cl2N6O2. The Morgan fingerprint density at radius 1 is 1.17 bits per heavy atom. The predicted molar refractivity (Wildman–Crippen MR) is 141 cm³/mol. The summed E-state index contributed by atoms with van der Waals surface area (Å²) < 4.78 is 6.54. The van der Waals surface area contributed by atoms with Crippen LogP contribution in [0, 0.1) is 0 Å². The van der Waals surface area contributed by atoms with Crippen molar-refractivity contribution in [3.05, 3.63) is 79.8 Å². The van der Waals surface area contributed by atoms with Crippen LogP contribution < -0.4 is 10.9 Å². The van der Waals surface area contributed by atoms with Gasteiger partial charge in [0.05, 0.1) is 22.0 Å². The van der Waals surface area contributed by atoms with Gasteiger partial charge < -0.3 is 15.0 Å². The molecule has 3 heterocycles. The SMILES string of the molecule is COCc1nn(-c2c(Cl)cccc2Cl)c(=O)c2cnc(Nc3ccc4c(c3)CN(C)CC43CC3)nc12. The van der Waals surface area contributed by atoms with Crippen molar-refractivity contribution in [2.24, 2.45) is 0 Å². The van der Waals surface area contributed by atoms with Crippen LogP contribution in [0.15, 0.2) is 47.4 Å². The number of anilines is 2. The third-order valence-electron chi connectivity index (χ3n) is 6.94. The van der Waals surface area contributed by atoms with E-state index in [1.165, 1.54) is 34.8 Å². The van der Waals surface area contributed by atoms with Crippen molar-refractivity contribution in [3.63, 3.8) is 0 Å². The van der Waals surface area contributed by atoms with Gasteiger partial charge in [0.25, 0.3) is 5.56 Å². The zero-order valence-electron chi connectivity index (χ0n) is 19.9. The standard InChI is InChI=1S/C26H24Cl2N6O2/c1-33-12-15-10-16(6-7-18(15)26(14-33)8-9-26)30-25-29-11-17-22(31-25)21(13-36-2)32-34(24(17)35)23-19(27)4-3-5-20(23)28/h3-7,10-11H,8-9,12-14H2,1-2H3,(H,29,30,31). The predicted octanol–water partition coefficient (Wildman–Crippen LogP) is 4.85. The summed E-state index contributed by atoms with van der Waals surface area (Å²) in [4.78, 5) is 24.8. The minimum Gasteiger partial charge on any atom is -0.378 e. The molecule has 0 radical (unpaired) electrons. The number of aromatic nitrogens is 4. The summed E-state index contributed by atoms with van der Waals surface area (Å²) in [5, 5.41) is 8.72. The molecule has 1 saturated carbocycles. The van der Waals surface area contributed by atoms with Crippen LogP contribution in [0.3, 0.4) is 0 Å². The molecule has 2 aromatic carbocycles. The molecular weight excluding hydrogens is 499 g/mol. The van der Waals surface area contributed by atoms with Crippen molar-refractivity contribution in [2.45, 2.75) is 31.4 Å². The Balaban J connectivity index is 1.40. The van der Waals surface area contributed by atoms with E-state index in [1.807, 2.05) is 0 Å². The molecule has 0 bridgehead atoms. The molecule has 1 aliphatic heterocycles. The second kappa shape index (κ2) is 8.81. The average molecular weight is 523 g/mol. The van der Waals surface area contributed by atoms with E-state index in [-0.39, 0.29) is 6.61 Å². The Labute approximate surface area is 217 Å². The van der Waals surface area contributed by atoms with Gasteiger partial charge in [0.2, 0.25) is 5.95 Å². The molecule has 184 valence electrons. The number of benzene rings is 2. The summed E-state index contributed by atoms with van der Waals surface area (Å²) in [6.45, 7) is 2.17. The lowest BCUT2D eigenvalue weighted by Gasteiger charge is -2.32. The monoisotopic (exact) mass is 522 g/mol. The number of halogens is 2. The van der Waals surface area contributed by atoms with Crippen LogP contribution in [-0.4, -0.2) is 45.4 Å². The number of nitrogens with one attached hydrogen (secondary N) is 1. The van der Waals surface area contributed by atoms with Gasteiger partial charge in [-0.2, -0.15) is 9.78 Å². The zero-order chi connectivity index (χ0) is 25.0. The Kier molecular flexibility index (Phi) is 5.72. The van der Waals surface area contributed by atoms with Gasteiger partial charge >= 0.3 is 0 Å². The van der Waals surface area contributed by atoms with Crippen LogP contribution in [0.25, 0.3) is 16.6 Å². The summed E-state index contributed by atoms with van der Waals surface area (Å²) in [7, 11) is 3.73. The van der Waals surface area contributed by atoms with Gasteiger partial charge in [0, 0.05) is 37.5 Å². The normalized spacial score (nSPS) is 16.3. The maximum atomic E-state index is 13.4. The van der Waals surface area contributed by atoms with Crippen LogP contribution in [0.4, 0.5) is 11.6 Å². The van der Waals surface area contributed by atoms with Gasteiger partial charge in [-0.05, 0) is 55.3 Å². The molecule has 8 nitrogen and oxygen atoms in total. The molecule has 36 heavy (non-hydrogen) atoms. The Morgan fingerprint density at radius 2 is 1.94 bits per heavy atom. The first kappa shape index (κ1) is 23.4. The maximum Gasteiger partial charge on any atom is 0.282 e. The molecule has 1 N–H and O–H groups in total. The molecule has 4 aromatic rings. The summed E-state index contributed by atoms with van der Waals surface area (Å²) in [6.07, 6.45) is 3.99. The molecule has 1 spiro atoms. The second-order valence-corrected chi connectivity index (χ2v) is 10.4. The van der Waals surface area contributed by atoms with Crippen molar-refractivity contribution in [1.29, 1.82) is 0 Å². The first-order chi connectivity index (χ1) is 17.4. The summed E-state index contributed by atoms with van der Waals surface area (Å²) >= 11 is 12.7. The van der Waals surface area contributed by atoms with E-state index >= 15 is 0 Å². The number of rotatable bonds is 5. The van der Waals surface area contributed by atoms with Crippen LogP contribution >= 0.6 is 23.2 Å². The number of hydrogen-bond donors (Lipinski definition) is 1. The topological polar surface area (TPSA) is 85.2 Å². The number of likely N-dealkylation sites (N-methyl/N-ethyl adjacent to an activating group) is 1. The van der Waals surface area contributed by atoms with Gasteiger partial charge in [-0.3, -0.25) is 4.79 Å². The third kappa shape index (κ3) is 3.94. The lowest BCUT2D eigenvalue weighted by atomic mass is 9.87. The Morgan fingerprint density at radius 3 is 2.67 bits per heavy atom. The third-order valence-corrected chi connectivity index (χ3v) is 7.55. The van der Waals surface area contributed by atoms with Gasteiger partial charge in [-0.15, -0.1) is 0 Å². The molecule has 0 unspecified atom stereocenters. The van der Waals surface area contributed by atoms with E-state index in [1.54, 1.807) is 25.3 Å². The lowest BCUT2D eigenvalue weighted by molar-refractivity contribution is 0.181. The zero-order valence-corrected chi connectivity index (χ0v) is 21.4. The number of fused-ring (bicyclic) bond motifs is 3. The van der Waals surface area contributed by atoms with Crippen LogP contribution in [0.5, 0.6) is 0 Å². The molecule has 0 saturated heterocycles. The number of para-hydroxylation sites is 1. The second-order valence-electron chi connectivity index (χ2n) is 9.57. The molecule has 2 aliphatic rings. The molecule has 2 aromatic heterocycles. The van der Waals surface area contributed by atoms with E-state index in [9.17, 15) is 4.79 Å². The van der Waals surface area contributed by atoms with Crippen molar-refractivity contribution >= 4 is 45.7 Å². The summed E-state index contributed by atoms with van der Waals surface area (Å²) in [6, 6.07) is 11.5. The van der Waals surface area contributed by atoms with Crippen molar-refractivity contribution in [2.75, 3.05) is 26.0 Å². The number of methoxy groups -OCH3 is 1. The summed E-state index contributed by atoms with van der Waals surface area (Å²) in [5.41, 5.74) is 4.77. The van der Waals surface area contributed by atoms with E-state index < -0.39 is 5.56 Å². The smallest absolute Gasteiger partial charge is 0.282 e. The minimum atomic E-state index is -0.419. The molecule has 6 rings (SSSR count). The average Bonchev–Trinajstić information content (AvgIpc) is 3.60. The van der Waals surface area contributed by atoms with Gasteiger partial charge in [0.1, 0.15) is 16.9 Å². The van der Waals surface area contributed by atoms with E-state index in [0.29, 0.717) is 43.7 Å². The lowest BCUT2D eigenvalue weighted by Crippen LogP contribution is -2.35. The Hall–Kier alpha value is -3.04. The molecule has 1 aliphatic carbocycles. The van der Waals surface area contributed by atoms with Gasteiger partial charge in [-0.25, -0.2) is 9.97 Å². The molecule has 0 amide bonds. The van der Waals surface area contributed by atoms with E-state index in [0.717, 1.165) is 18.8 Å². The largest absolute Gasteiger partial charge is 0.378 e. The van der Waals surface area contributed by atoms with Crippen molar-refractivity contribution in [3.8, 4) is 5.69 Å². The molecule has 1 fully saturated rings. The number of nitrogens with zero attached hydrogens (tertiary/aromatic N) is 5. The first-order valence-corrected chi connectivity index (χ1v) is 12.5. The van der Waals surface area contributed by atoms with Crippen molar-refractivity contribution < 1.29 is 4.74 Å². The fraction of sp³-hybridized carbons (Fsp3) is 0.308. The molecule has 0 atom stereocenters. The molecule has 10 heteroatoms. The van der Waals surface area contributed by atoms with E-state index in [2.05, 4.69) is 50.5 Å². The van der Waals surface area contributed by atoms with Gasteiger partial charge in [0.15, 0.2) is 0 Å². The number of ether oxygens (including phenoxy) is 1. The highest BCUT2D eigenvalue weighted by Crippen LogP contribution is 2.52. The van der Waals surface area contributed by atoms with Gasteiger partial charge in [-0.1, -0.05) is 35.3 Å². The fourth-order valence-electron chi connectivity index (χ4n) is 5.20. The van der Waals surface area contributed by atoms with Crippen molar-refractivity contribution in [1.82, 2.24) is 24.6 Å². The fourth-order valence-corrected chi connectivity index (χ4v) is 5.76. The quantitative estimate of drug-likeness (QED) is 0.400. The highest BCUT2D eigenvalue weighted by Gasteiger charge is 2.48. The van der Waals surface area contributed by atoms with Crippen LogP contribution in [0.1, 0.15) is 29.7 Å². The minimum absolute atomic E-state index is 0.141. The van der Waals surface area contributed by atoms with E-state index in [4.69, 9.17) is 27.9 Å². The highest BCUT2D eigenvalue weighted by atomic mass is 35.5. The number of hydrogen-bond acceptors (Lipinski definition) is 7. The van der Waals surface area contributed by atoms with Crippen LogP contribution in [-0.2, 0) is 23.3 Å².